The lowest BCUT2D eigenvalue weighted by Gasteiger charge is -2.20. The first-order valence-electron chi connectivity index (χ1n) is 10.8. The van der Waals surface area contributed by atoms with Crippen LogP contribution in [0.1, 0.15) is 18.5 Å². The number of rotatable bonds is 5. The van der Waals surface area contributed by atoms with Crippen LogP contribution in [0, 0.1) is 0 Å². The zero-order valence-electron chi connectivity index (χ0n) is 18.9. The largest absolute Gasteiger partial charge is 0.497 e. The summed E-state index contributed by atoms with van der Waals surface area (Å²) in [5, 5.41) is 0.209. The fourth-order valence-corrected chi connectivity index (χ4v) is 4.11. The molecular formula is C27H22N2O5. The van der Waals surface area contributed by atoms with Gasteiger partial charge in [0.2, 0.25) is 11.1 Å². The molecule has 34 heavy (non-hydrogen) atoms. The minimum atomic E-state index is -0.460. The van der Waals surface area contributed by atoms with Crippen LogP contribution >= 0.6 is 0 Å². The Labute approximate surface area is 194 Å². The van der Waals surface area contributed by atoms with E-state index >= 15 is 0 Å². The van der Waals surface area contributed by atoms with Crippen LogP contribution in [0.5, 0.6) is 11.5 Å². The Bertz CT molecular complexity index is 1620. The van der Waals surface area contributed by atoms with Crippen LogP contribution in [-0.2, 0) is 0 Å². The molecule has 0 bridgehead atoms. The maximum absolute atomic E-state index is 13.9. The highest BCUT2D eigenvalue weighted by Gasteiger charge is 2.23. The van der Waals surface area contributed by atoms with Gasteiger partial charge in [0.05, 0.1) is 25.6 Å². The first-order chi connectivity index (χ1) is 16.5. The number of fused-ring (bicyclic) bond motifs is 2. The number of nitrogens with zero attached hydrogens (tertiary/aromatic N) is 2. The maximum atomic E-state index is 13.9. The van der Waals surface area contributed by atoms with Gasteiger partial charge in [-0.05, 0) is 48.9 Å². The summed E-state index contributed by atoms with van der Waals surface area (Å²) < 4.78 is 18.0. The first kappa shape index (κ1) is 21.5. The van der Waals surface area contributed by atoms with Crippen LogP contribution in [0.15, 0.2) is 86.8 Å². The molecule has 0 aliphatic heterocycles. The number of hydrogen-bond acceptors (Lipinski definition) is 6. The monoisotopic (exact) mass is 454 g/mol. The second kappa shape index (κ2) is 8.51. The molecule has 0 fully saturated rings. The van der Waals surface area contributed by atoms with Gasteiger partial charge in [0.1, 0.15) is 22.9 Å². The molecule has 170 valence electrons. The van der Waals surface area contributed by atoms with E-state index < -0.39 is 11.0 Å². The Morgan fingerprint density at radius 3 is 2.24 bits per heavy atom. The summed E-state index contributed by atoms with van der Waals surface area (Å²) in [6, 6.07) is 21.3. The summed E-state index contributed by atoms with van der Waals surface area (Å²) in [7, 11) is 3.12. The Kier molecular flexibility index (Phi) is 5.37. The van der Waals surface area contributed by atoms with Gasteiger partial charge in [-0.2, -0.15) is 4.98 Å². The molecule has 3 aromatic carbocycles. The van der Waals surface area contributed by atoms with E-state index in [0.29, 0.717) is 33.9 Å². The quantitative estimate of drug-likeness (QED) is 0.355. The van der Waals surface area contributed by atoms with Crippen molar-refractivity contribution in [3.05, 3.63) is 98.9 Å². The van der Waals surface area contributed by atoms with Gasteiger partial charge in [-0.1, -0.05) is 30.3 Å². The van der Waals surface area contributed by atoms with Crippen LogP contribution in [0.2, 0.25) is 0 Å². The third kappa shape index (κ3) is 3.51. The van der Waals surface area contributed by atoms with E-state index in [1.807, 2.05) is 49.4 Å². The molecule has 0 aliphatic carbocycles. The van der Waals surface area contributed by atoms with Gasteiger partial charge < -0.3 is 13.9 Å². The number of aromatic nitrogens is 2. The minimum absolute atomic E-state index is 0.0157. The standard InChI is InChI=1S/C27H22N2O5/c1-16(17-7-5-4-6-8-17)29-25(18-9-11-19(32-2)12-10-18)28-26-23(27(29)31)24(30)21-14-13-20(33-3)15-22(21)34-26/h4-16H,1-3H3. The summed E-state index contributed by atoms with van der Waals surface area (Å²) in [5.41, 5.74) is 1.01. The van der Waals surface area contributed by atoms with Crippen molar-refractivity contribution in [1.29, 1.82) is 0 Å². The molecule has 0 saturated carbocycles. The van der Waals surface area contributed by atoms with Gasteiger partial charge in [-0.25, -0.2) is 0 Å². The van der Waals surface area contributed by atoms with E-state index in [9.17, 15) is 9.59 Å². The van der Waals surface area contributed by atoms with Crippen LogP contribution < -0.4 is 20.5 Å². The Balaban J connectivity index is 1.87. The molecule has 1 atom stereocenters. The van der Waals surface area contributed by atoms with Crippen molar-refractivity contribution in [2.75, 3.05) is 14.2 Å². The van der Waals surface area contributed by atoms with Crippen LogP contribution in [0.25, 0.3) is 33.5 Å². The number of methoxy groups -OCH3 is 2. The van der Waals surface area contributed by atoms with Crippen LogP contribution in [0.3, 0.4) is 0 Å². The van der Waals surface area contributed by atoms with E-state index in [4.69, 9.17) is 13.9 Å². The molecule has 2 heterocycles. The van der Waals surface area contributed by atoms with Gasteiger partial charge in [0, 0.05) is 11.6 Å². The van der Waals surface area contributed by atoms with Crippen LogP contribution in [-0.4, -0.2) is 23.8 Å². The molecular weight excluding hydrogens is 432 g/mol. The van der Waals surface area contributed by atoms with Crippen molar-refractivity contribution >= 4 is 22.1 Å². The fourth-order valence-electron chi connectivity index (χ4n) is 4.11. The smallest absolute Gasteiger partial charge is 0.269 e. The van der Waals surface area contributed by atoms with Gasteiger partial charge in [-0.3, -0.25) is 14.2 Å². The topological polar surface area (TPSA) is 83.6 Å². The van der Waals surface area contributed by atoms with Crippen molar-refractivity contribution in [3.8, 4) is 22.9 Å². The fraction of sp³-hybridized carbons (Fsp3) is 0.148. The van der Waals surface area contributed by atoms with E-state index in [0.717, 1.165) is 5.56 Å². The summed E-state index contributed by atoms with van der Waals surface area (Å²) in [4.78, 5) is 31.9. The van der Waals surface area contributed by atoms with Crippen molar-refractivity contribution in [2.24, 2.45) is 0 Å². The molecule has 0 saturated heterocycles. The lowest BCUT2D eigenvalue weighted by atomic mass is 10.1. The highest BCUT2D eigenvalue weighted by Crippen LogP contribution is 2.28. The molecule has 5 rings (SSSR count). The van der Waals surface area contributed by atoms with E-state index in [-0.39, 0.29) is 17.1 Å². The maximum Gasteiger partial charge on any atom is 0.269 e. The molecule has 0 aliphatic rings. The number of hydrogen-bond donors (Lipinski definition) is 0. The second-order valence-electron chi connectivity index (χ2n) is 7.90. The highest BCUT2D eigenvalue weighted by molar-refractivity contribution is 5.89. The third-order valence-electron chi connectivity index (χ3n) is 5.97. The average Bonchev–Trinajstić information content (AvgIpc) is 2.88. The predicted molar refractivity (Wildman–Crippen MR) is 131 cm³/mol. The summed E-state index contributed by atoms with van der Waals surface area (Å²) in [6.45, 7) is 1.91. The lowest BCUT2D eigenvalue weighted by molar-refractivity contribution is 0.414. The van der Waals surface area contributed by atoms with Crippen LogP contribution in [0.4, 0.5) is 0 Å². The Morgan fingerprint density at radius 2 is 1.56 bits per heavy atom. The predicted octanol–water partition coefficient (Wildman–Crippen LogP) is 4.80. The average molecular weight is 454 g/mol. The highest BCUT2D eigenvalue weighted by atomic mass is 16.5. The molecule has 0 N–H and O–H groups in total. The molecule has 7 heteroatoms. The second-order valence-corrected chi connectivity index (χ2v) is 7.90. The molecule has 5 aromatic rings. The van der Waals surface area contributed by atoms with Gasteiger partial charge in [0.25, 0.3) is 5.56 Å². The SMILES string of the molecule is COc1ccc(-c2nc3oc4cc(OC)ccc4c(=O)c3c(=O)n2C(C)c2ccccc2)cc1. The molecule has 1 unspecified atom stereocenters. The summed E-state index contributed by atoms with van der Waals surface area (Å²) >= 11 is 0. The first-order valence-corrected chi connectivity index (χ1v) is 10.8. The van der Waals surface area contributed by atoms with Crippen molar-refractivity contribution in [2.45, 2.75) is 13.0 Å². The lowest BCUT2D eigenvalue weighted by Crippen LogP contribution is -2.30. The Morgan fingerprint density at radius 1 is 0.882 bits per heavy atom. The zero-order chi connectivity index (χ0) is 23.8. The molecule has 2 aromatic heterocycles. The van der Waals surface area contributed by atoms with Crippen molar-refractivity contribution < 1.29 is 13.9 Å². The van der Waals surface area contributed by atoms with Crippen molar-refractivity contribution in [3.63, 3.8) is 0 Å². The van der Waals surface area contributed by atoms with E-state index in [1.165, 1.54) is 7.11 Å². The van der Waals surface area contributed by atoms with Gasteiger partial charge >= 0.3 is 0 Å². The molecule has 0 amide bonds. The third-order valence-corrected chi connectivity index (χ3v) is 5.97. The van der Waals surface area contributed by atoms with Gasteiger partial charge in [-0.15, -0.1) is 0 Å². The normalized spacial score (nSPS) is 12.1. The molecule has 7 nitrogen and oxygen atoms in total. The number of ether oxygens (including phenoxy) is 2. The summed E-state index contributed by atoms with van der Waals surface area (Å²) in [5.74, 6) is 1.61. The molecule has 0 spiro atoms. The van der Waals surface area contributed by atoms with E-state index in [2.05, 4.69) is 4.98 Å². The summed E-state index contributed by atoms with van der Waals surface area (Å²) in [6.07, 6.45) is 0. The Hall–Kier alpha value is -4.39. The van der Waals surface area contributed by atoms with Crippen molar-refractivity contribution in [1.82, 2.24) is 9.55 Å². The molecule has 0 radical (unpaired) electrons. The zero-order valence-corrected chi connectivity index (χ0v) is 18.9. The minimum Gasteiger partial charge on any atom is -0.497 e. The number of benzene rings is 3. The van der Waals surface area contributed by atoms with E-state index in [1.54, 1.807) is 42.0 Å². The van der Waals surface area contributed by atoms with Gasteiger partial charge in [0.15, 0.2) is 5.39 Å².